The van der Waals surface area contributed by atoms with Crippen molar-refractivity contribution in [3.05, 3.63) is 24.2 Å². The second-order valence-corrected chi connectivity index (χ2v) is 6.94. The van der Waals surface area contributed by atoms with Gasteiger partial charge in [-0.25, -0.2) is 0 Å². The Hall–Kier alpha value is -1.53. The molecule has 1 fully saturated rings. The van der Waals surface area contributed by atoms with Crippen molar-refractivity contribution < 1.29 is 4.42 Å². The average molecular weight is 364 g/mol. The van der Waals surface area contributed by atoms with Gasteiger partial charge in [-0.15, -0.1) is 0 Å². The van der Waals surface area contributed by atoms with Gasteiger partial charge in [0.15, 0.2) is 5.96 Å². The highest BCUT2D eigenvalue weighted by molar-refractivity contribution is 5.79. The molecule has 1 atom stereocenters. The van der Waals surface area contributed by atoms with Crippen LogP contribution in [-0.2, 0) is 0 Å². The van der Waals surface area contributed by atoms with Crippen LogP contribution in [0.1, 0.15) is 51.3 Å². The Kier molecular flexibility index (Phi) is 9.56. The maximum Gasteiger partial charge on any atom is 0.191 e. The summed E-state index contributed by atoms with van der Waals surface area (Å²) in [6.45, 7) is 11.7. The third kappa shape index (κ3) is 6.65. The summed E-state index contributed by atoms with van der Waals surface area (Å²) in [6, 6.07) is 4.32. The molecule has 1 saturated heterocycles. The zero-order chi connectivity index (χ0) is 18.6. The lowest BCUT2D eigenvalue weighted by Gasteiger charge is -2.33. The van der Waals surface area contributed by atoms with E-state index in [1.54, 1.807) is 6.26 Å². The summed E-state index contributed by atoms with van der Waals surface area (Å²) in [5.41, 5.74) is 0. The third-order valence-electron chi connectivity index (χ3n) is 5.10. The minimum atomic E-state index is 0.260. The van der Waals surface area contributed by atoms with Gasteiger partial charge in [-0.3, -0.25) is 9.89 Å². The van der Waals surface area contributed by atoms with Crippen LogP contribution in [0.25, 0.3) is 0 Å². The van der Waals surface area contributed by atoms with E-state index in [9.17, 15) is 0 Å². The quantitative estimate of drug-likeness (QED) is 0.494. The number of hydrogen-bond acceptors (Lipinski definition) is 4. The molecule has 26 heavy (non-hydrogen) atoms. The Morgan fingerprint density at radius 3 is 2.65 bits per heavy atom. The maximum absolute atomic E-state index is 5.72. The van der Waals surface area contributed by atoms with Crippen LogP contribution in [0, 0.1) is 0 Å². The molecule has 0 bridgehead atoms. The van der Waals surface area contributed by atoms with Gasteiger partial charge in [-0.05, 0) is 57.6 Å². The van der Waals surface area contributed by atoms with E-state index in [2.05, 4.69) is 45.3 Å². The molecule has 0 radical (unpaired) electrons. The number of aliphatic imine (C=N–C) groups is 1. The molecule has 0 aromatic carbocycles. The predicted octanol–water partition coefficient (Wildman–Crippen LogP) is 2.70. The molecular weight excluding hydrogens is 326 g/mol. The van der Waals surface area contributed by atoms with Gasteiger partial charge in [0.25, 0.3) is 0 Å². The monoisotopic (exact) mass is 363 g/mol. The molecule has 1 unspecified atom stereocenters. The highest BCUT2D eigenvalue weighted by Crippen LogP contribution is 2.24. The van der Waals surface area contributed by atoms with Gasteiger partial charge in [0, 0.05) is 26.7 Å². The van der Waals surface area contributed by atoms with E-state index in [-0.39, 0.29) is 6.04 Å². The molecule has 1 aromatic rings. The predicted molar refractivity (Wildman–Crippen MR) is 109 cm³/mol. The van der Waals surface area contributed by atoms with Crippen molar-refractivity contribution in [2.45, 2.75) is 45.6 Å². The maximum atomic E-state index is 5.72. The van der Waals surface area contributed by atoms with E-state index in [1.807, 2.05) is 13.1 Å². The minimum absolute atomic E-state index is 0.260. The summed E-state index contributed by atoms with van der Waals surface area (Å²) < 4.78 is 5.72. The van der Waals surface area contributed by atoms with E-state index in [0.717, 1.165) is 57.5 Å². The fourth-order valence-electron chi connectivity index (χ4n) is 3.61. The molecular formula is C20H37N5O. The molecule has 0 saturated carbocycles. The van der Waals surface area contributed by atoms with Crippen molar-refractivity contribution >= 4 is 5.96 Å². The first-order valence-electron chi connectivity index (χ1n) is 10.2. The van der Waals surface area contributed by atoms with Crippen LogP contribution >= 0.6 is 0 Å². The molecule has 1 aliphatic heterocycles. The Balaban J connectivity index is 1.83. The van der Waals surface area contributed by atoms with Gasteiger partial charge in [-0.2, -0.15) is 0 Å². The van der Waals surface area contributed by atoms with Crippen molar-refractivity contribution in [1.82, 2.24) is 20.4 Å². The zero-order valence-corrected chi connectivity index (χ0v) is 16.8. The van der Waals surface area contributed by atoms with Gasteiger partial charge in [0.05, 0.1) is 12.3 Å². The molecule has 2 N–H and O–H groups in total. The normalized spacial score (nSPS) is 17.5. The standard InChI is InChI=1S/C20H37N5O/c1-4-12-24(5-2)15-11-22-20(21-3)23-17-18(19-10-9-16-26-19)25-13-7-6-8-14-25/h9-10,16,18H,4-8,11-15,17H2,1-3H3,(H2,21,22,23). The fraction of sp³-hybridized carbons (Fsp3) is 0.750. The lowest BCUT2D eigenvalue weighted by atomic mass is 10.1. The van der Waals surface area contributed by atoms with E-state index in [0.29, 0.717) is 0 Å². The molecule has 0 spiro atoms. The number of likely N-dealkylation sites (tertiary alicyclic amines) is 1. The molecule has 6 nitrogen and oxygen atoms in total. The Bertz CT molecular complexity index is 496. The second kappa shape index (κ2) is 12.0. The van der Waals surface area contributed by atoms with Gasteiger partial charge in [-0.1, -0.05) is 20.3 Å². The number of guanidine groups is 1. The highest BCUT2D eigenvalue weighted by atomic mass is 16.3. The number of likely N-dealkylation sites (N-methyl/N-ethyl adjacent to an activating group) is 1. The van der Waals surface area contributed by atoms with Crippen molar-refractivity contribution in [3.8, 4) is 0 Å². The first kappa shape index (κ1) is 20.8. The van der Waals surface area contributed by atoms with Crippen LogP contribution in [-0.4, -0.2) is 68.6 Å². The third-order valence-corrected chi connectivity index (χ3v) is 5.10. The summed E-state index contributed by atoms with van der Waals surface area (Å²) in [5.74, 6) is 1.90. The molecule has 2 rings (SSSR count). The molecule has 148 valence electrons. The summed E-state index contributed by atoms with van der Waals surface area (Å²) in [5, 5.41) is 6.94. The van der Waals surface area contributed by atoms with Crippen LogP contribution < -0.4 is 10.6 Å². The topological polar surface area (TPSA) is 56.0 Å². The van der Waals surface area contributed by atoms with Gasteiger partial charge >= 0.3 is 0 Å². The summed E-state index contributed by atoms with van der Waals surface area (Å²) in [4.78, 5) is 9.37. The number of furan rings is 1. The highest BCUT2D eigenvalue weighted by Gasteiger charge is 2.24. The van der Waals surface area contributed by atoms with Gasteiger partial charge < -0.3 is 20.0 Å². The molecule has 1 aromatic heterocycles. The molecule has 0 amide bonds. The first-order valence-corrected chi connectivity index (χ1v) is 10.2. The summed E-state index contributed by atoms with van der Waals surface area (Å²) in [6.07, 6.45) is 6.85. The zero-order valence-electron chi connectivity index (χ0n) is 16.8. The Morgan fingerprint density at radius 2 is 2.04 bits per heavy atom. The number of hydrogen-bond donors (Lipinski definition) is 2. The molecule has 6 heteroatoms. The van der Waals surface area contributed by atoms with Crippen LogP contribution in [0.15, 0.2) is 27.8 Å². The van der Waals surface area contributed by atoms with Crippen molar-refractivity contribution in [2.24, 2.45) is 4.99 Å². The average Bonchev–Trinajstić information content (AvgIpc) is 3.21. The number of nitrogens with one attached hydrogen (secondary N) is 2. The minimum Gasteiger partial charge on any atom is -0.468 e. The fourth-order valence-corrected chi connectivity index (χ4v) is 3.61. The van der Waals surface area contributed by atoms with Crippen molar-refractivity contribution in [3.63, 3.8) is 0 Å². The van der Waals surface area contributed by atoms with Crippen molar-refractivity contribution in [1.29, 1.82) is 0 Å². The van der Waals surface area contributed by atoms with Crippen LogP contribution in [0.3, 0.4) is 0 Å². The summed E-state index contributed by atoms with van der Waals surface area (Å²) >= 11 is 0. The van der Waals surface area contributed by atoms with E-state index < -0.39 is 0 Å². The van der Waals surface area contributed by atoms with Crippen LogP contribution in [0.4, 0.5) is 0 Å². The molecule has 1 aliphatic rings. The number of rotatable bonds is 10. The molecule has 2 heterocycles. The first-order chi connectivity index (χ1) is 12.8. The van der Waals surface area contributed by atoms with Crippen molar-refractivity contribution in [2.75, 3.05) is 52.9 Å². The van der Waals surface area contributed by atoms with Crippen LogP contribution in [0.2, 0.25) is 0 Å². The molecule has 0 aliphatic carbocycles. The van der Waals surface area contributed by atoms with E-state index in [1.165, 1.54) is 25.7 Å². The SMILES string of the molecule is CCCN(CC)CCNC(=NC)NCC(c1ccco1)N1CCCCC1. The van der Waals surface area contributed by atoms with Gasteiger partial charge in [0.2, 0.25) is 0 Å². The summed E-state index contributed by atoms with van der Waals surface area (Å²) in [7, 11) is 1.84. The number of piperidine rings is 1. The Morgan fingerprint density at radius 1 is 1.23 bits per heavy atom. The van der Waals surface area contributed by atoms with Crippen LogP contribution in [0.5, 0.6) is 0 Å². The van der Waals surface area contributed by atoms with E-state index >= 15 is 0 Å². The van der Waals surface area contributed by atoms with E-state index in [4.69, 9.17) is 4.42 Å². The Labute approximate surface area is 159 Å². The lowest BCUT2D eigenvalue weighted by molar-refractivity contribution is 0.146. The smallest absolute Gasteiger partial charge is 0.191 e. The lowest BCUT2D eigenvalue weighted by Crippen LogP contribution is -2.46. The largest absolute Gasteiger partial charge is 0.468 e. The van der Waals surface area contributed by atoms with Gasteiger partial charge in [0.1, 0.15) is 5.76 Å². The number of nitrogens with zero attached hydrogens (tertiary/aromatic N) is 3. The second-order valence-electron chi connectivity index (χ2n) is 6.94.